The van der Waals surface area contributed by atoms with Crippen LogP contribution in [0, 0.1) is 0 Å². The van der Waals surface area contributed by atoms with Gasteiger partial charge in [0, 0.05) is 13.6 Å². The molecule has 0 aliphatic rings. The average molecular weight is 299 g/mol. The van der Waals surface area contributed by atoms with Crippen molar-refractivity contribution in [2.75, 3.05) is 31.9 Å². The summed E-state index contributed by atoms with van der Waals surface area (Å²) in [5.41, 5.74) is 1.66. The van der Waals surface area contributed by atoms with Crippen molar-refractivity contribution >= 4 is 15.9 Å². The molecule has 6 heteroatoms. The van der Waals surface area contributed by atoms with Crippen molar-refractivity contribution in [2.24, 2.45) is 0 Å². The molecule has 0 amide bonds. The average Bonchev–Trinajstić information content (AvgIpc) is 2.38. The van der Waals surface area contributed by atoms with Gasteiger partial charge in [-0.15, -0.1) is 0 Å². The fourth-order valence-corrected chi connectivity index (χ4v) is 2.90. The second-order valence-electron chi connectivity index (χ2n) is 5.13. The molecule has 0 aromatic heterocycles. The number of hydrogen-bond acceptors (Lipinski definition) is 3. The SMILES string of the molecule is CNCCCN(C)S(=O)(=O)Nc1ccccc1C(C)C. The molecule has 20 heavy (non-hydrogen) atoms. The van der Waals surface area contributed by atoms with Gasteiger partial charge in [-0.2, -0.15) is 12.7 Å². The lowest BCUT2D eigenvalue weighted by Crippen LogP contribution is -2.34. The van der Waals surface area contributed by atoms with Crippen molar-refractivity contribution < 1.29 is 8.42 Å². The van der Waals surface area contributed by atoms with Gasteiger partial charge in [0.05, 0.1) is 5.69 Å². The Hall–Kier alpha value is -1.11. The van der Waals surface area contributed by atoms with Crippen molar-refractivity contribution in [3.8, 4) is 0 Å². The van der Waals surface area contributed by atoms with Crippen LogP contribution in [0.25, 0.3) is 0 Å². The Morgan fingerprint density at radius 3 is 2.50 bits per heavy atom. The highest BCUT2D eigenvalue weighted by atomic mass is 32.2. The van der Waals surface area contributed by atoms with Crippen molar-refractivity contribution in [3.63, 3.8) is 0 Å². The maximum Gasteiger partial charge on any atom is 0.301 e. The summed E-state index contributed by atoms with van der Waals surface area (Å²) in [4.78, 5) is 0. The molecule has 0 bridgehead atoms. The lowest BCUT2D eigenvalue weighted by molar-refractivity contribution is 0.462. The van der Waals surface area contributed by atoms with Crippen LogP contribution < -0.4 is 10.0 Å². The van der Waals surface area contributed by atoms with Gasteiger partial charge >= 0.3 is 10.2 Å². The van der Waals surface area contributed by atoms with Gasteiger partial charge < -0.3 is 5.32 Å². The fourth-order valence-electron chi connectivity index (χ4n) is 1.91. The van der Waals surface area contributed by atoms with E-state index in [1.54, 1.807) is 13.1 Å². The zero-order valence-corrected chi connectivity index (χ0v) is 13.5. The first-order valence-electron chi connectivity index (χ1n) is 6.86. The van der Waals surface area contributed by atoms with Gasteiger partial charge in [0.2, 0.25) is 0 Å². The van der Waals surface area contributed by atoms with Crippen LogP contribution in [-0.4, -0.2) is 39.9 Å². The first kappa shape index (κ1) is 16.9. The molecule has 0 saturated heterocycles. The fraction of sp³-hybridized carbons (Fsp3) is 0.571. The van der Waals surface area contributed by atoms with E-state index in [9.17, 15) is 8.42 Å². The van der Waals surface area contributed by atoms with Crippen molar-refractivity contribution in [1.29, 1.82) is 0 Å². The lowest BCUT2D eigenvalue weighted by atomic mass is 10.0. The summed E-state index contributed by atoms with van der Waals surface area (Å²) in [6.07, 6.45) is 0.778. The predicted molar refractivity (Wildman–Crippen MR) is 84.2 cm³/mol. The van der Waals surface area contributed by atoms with E-state index in [-0.39, 0.29) is 5.92 Å². The standard InChI is InChI=1S/C14H25N3O2S/c1-12(2)13-8-5-6-9-14(13)16-20(18,19)17(4)11-7-10-15-3/h5-6,8-9,12,15-16H,7,10-11H2,1-4H3. The minimum Gasteiger partial charge on any atom is -0.320 e. The Bertz CT molecular complexity index is 515. The van der Waals surface area contributed by atoms with E-state index in [1.807, 2.05) is 39.1 Å². The van der Waals surface area contributed by atoms with Crippen LogP contribution in [0.15, 0.2) is 24.3 Å². The van der Waals surface area contributed by atoms with E-state index in [1.165, 1.54) is 4.31 Å². The van der Waals surface area contributed by atoms with E-state index in [2.05, 4.69) is 10.0 Å². The van der Waals surface area contributed by atoms with E-state index in [4.69, 9.17) is 0 Å². The number of para-hydroxylation sites is 1. The molecule has 1 aromatic carbocycles. The highest BCUT2D eigenvalue weighted by molar-refractivity contribution is 7.90. The van der Waals surface area contributed by atoms with Crippen molar-refractivity contribution in [2.45, 2.75) is 26.2 Å². The third-order valence-corrected chi connectivity index (χ3v) is 4.61. The minimum absolute atomic E-state index is 0.267. The van der Waals surface area contributed by atoms with Gasteiger partial charge in [-0.3, -0.25) is 4.72 Å². The zero-order chi connectivity index (χ0) is 15.2. The molecule has 0 atom stereocenters. The normalized spacial score (nSPS) is 12.1. The molecule has 0 spiro atoms. The molecular weight excluding hydrogens is 274 g/mol. The molecule has 5 nitrogen and oxygen atoms in total. The first-order valence-corrected chi connectivity index (χ1v) is 8.30. The molecule has 0 saturated carbocycles. The number of benzene rings is 1. The summed E-state index contributed by atoms with van der Waals surface area (Å²) in [6.45, 7) is 5.37. The van der Waals surface area contributed by atoms with Crippen LogP contribution in [-0.2, 0) is 10.2 Å². The lowest BCUT2D eigenvalue weighted by Gasteiger charge is -2.20. The van der Waals surface area contributed by atoms with Crippen LogP contribution in [0.4, 0.5) is 5.69 Å². The maximum atomic E-state index is 12.3. The molecule has 0 radical (unpaired) electrons. The molecule has 1 rings (SSSR count). The molecule has 2 N–H and O–H groups in total. The predicted octanol–water partition coefficient (Wildman–Crippen LogP) is 2.01. The molecule has 0 aliphatic carbocycles. The topological polar surface area (TPSA) is 61.4 Å². The van der Waals surface area contributed by atoms with Gasteiger partial charge in [-0.05, 0) is 37.6 Å². The smallest absolute Gasteiger partial charge is 0.301 e. The van der Waals surface area contributed by atoms with E-state index < -0.39 is 10.2 Å². The van der Waals surface area contributed by atoms with E-state index >= 15 is 0 Å². The minimum atomic E-state index is -3.49. The second kappa shape index (κ2) is 7.61. The molecule has 0 fully saturated rings. The van der Waals surface area contributed by atoms with Crippen LogP contribution in [0.2, 0.25) is 0 Å². The molecule has 0 unspecified atom stereocenters. The Morgan fingerprint density at radius 2 is 1.90 bits per heavy atom. The molecule has 0 heterocycles. The highest BCUT2D eigenvalue weighted by Gasteiger charge is 2.18. The number of anilines is 1. The van der Waals surface area contributed by atoms with Crippen LogP contribution in [0.3, 0.4) is 0 Å². The number of hydrogen-bond donors (Lipinski definition) is 2. The summed E-state index contributed by atoms with van der Waals surface area (Å²) in [7, 11) is -0.0482. The van der Waals surface area contributed by atoms with Crippen molar-refractivity contribution in [1.82, 2.24) is 9.62 Å². The number of rotatable bonds is 8. The first-order chi connectivity index (χ1) is 9.38. The maximum absolute atomic E-state index is 12.3. The summed E-state index contributed by atoms with van der Waals surface area (Å²) >= 11 is 0. The zero-order valence-electron chi connectivity index (χ0n) is 12.7. The van der Waals surface area contributed by atoms with Gasteiger partial charge in [0.1, 0.15) is 0 Å². The summed E-state index contributed by atoms with van der Waals surface area (Å²) in [5.74, 6) is 0.267. The van der Waals surface area contributed by atoms with E-state index in [0.717, 1.165) is 18.5 Å². The molecule has 114 valence electrons. The Morgan fingerprint density at radius 1 is 1.25 bits per heavy atom. The van der Waals surface area contributed by atoms with Crippen LogP contribution in [0.1, 0.15) is 31.7 Å². The Labute approximate surface area is 122 Å². The Kier molecular flexibility index (Phi) is 6.45. The summed E-state index contributed by atoms with van der Waals surface area (Å²) < 4.78 is 28.5. The number of nitrogens with one attached hydrogen (secondary N) is 2. The highest BCUT2D eigenvalue weighted by Crippen LogP contribution is 2.24. The third kappa shape index (κ3) is 4.77. The monoisotopic (exact) mass is 299 g/mol. The van der Waals surface area contributed by atoms with Gasteiger partial charge in [0.25, 0.3) is 0 Å². The Balaban J connectivity index is 2.80. The second-order valence-corrected chi connectivity index (χ2v) is 6.91. The number of nitrogens with zero attached hydrogens (tertiary/aromatic N) is 1. The third-order valence-electron chi connectivity index (χ3n) is 3.13. The van der Waals surface area contributed by atoms with Gasteiger partial charge in [0.15, 0.2) is 0 Å². The molecule has 0 aliphatic heterocycles. The molecule has 1 aromatic rings. The van der Waals surface area contributed by atoms with Crippen LogP contribution in [0.5, 0.6) is 0 Å². The quantitative estimate of drug-likeness (QED) is 0.722. The van der Waals surface area contributed by atoms with Gasteiger partial charge in [-0.25, -0.2) is 0 Å². The van der Waals surface area contributed by atoms with Gasteiger partial charge in [-0.1, -0.05) is 32.0 Å². The molecular formula is C14H25N3O2S. The summed E-state index contributed by atoms with van der Waals surface area (Å²) in [6, 6.07) is 7.51. The van der Waals surface area contributed by atoms with E-state index in [0.29, 0.717) is 12.2 Å². The summed E-state index contributed by atoms with van der Waals surface area (Å²) in [5, 5.41) is 3.01. The van der Waals surface area contributed by atoms with Crippen LogP contribution >= 0.6 is 0 Å². The largest absolute Gasteiger partial charge is 0.320 e. The van der Waals surface area contributed by atoms with Crippen molar-refractivity contribution in [3.05, 3.63) is 29.8 Å².